The molecule has 0 saturated heterocycles. The van der Waals surface area contributed by atoms with Crippen LogP contribution in [0, 0.1) is 11.3 Å². The van der Waals surface area contributed by atoms with Gasteiger partial charge in [0.2, 0.25) is 0 Å². The van der Waals surface area contributed by atoms with Crippen molar-refractivity contribution >= 4 is 22.6 Å². The summed E-state index contributed by atoms with van der Waals surface area (Å²) in [7, 11) is 0. The van der Waals surface area contributed by atoms with Crippen LogP contribution in [0.2, 0.25) is 5.15 Å². The number of nitrogens with zero attached hydrogens (tertiary/aromatic N) is 4. The predicted molar refractivity (Wildman–Crippen MR) is 57.6 cm³/mol. The van der Waals surface area contributed by atoms with Gasteiger partial charge in [-0.2, -0.15) is 10.4 Å². The van der Waals surface area contributed by atoms with Crippen LogP contribution in [0.4, 0.5) is 0 Å². The van der Waals surface area contributed by atoms with Gasteiger partial charge in [-0.25, -0.2) is 9.67 Å². The molecule has 2 aromatic rings. The largest absolute Gasteiger partial charge is 0.243 e. The van der Waals surface area contributed by atoms with E-state index in [9.17, 15) is 0 Å². The summed E-state index contributed by atoms with van der Waals surface area (Å²) >= 11 is 5.81. The van der Waals surface area contributed by atoms with E-state index in [1.165, 1.54) is 0 Å². The summed E-state index contributed by atoms with van der Waals surface area (Å²) in [5.41, 5.74) is 1.05. The fourth-order valence-corrected chi connectivity index (χ4v) is 1.58. The first-order valence-electron chi connectivity index (χ1n) is 4.58. The van der Waals surface area contributed by atoms with Crippen molar-refractivity contribution in [2.75, 3.05) is 0 Å². The van der Waals surface area contributed by atoms with Gasteiger partial charge in [-0.3, -0.25) is 0 Å². The molecule has 0 saturated carbocycles. The Morgan fingerprint density at radius 1 is 1.47 bits per heavy atom. The molecule has 2 heterocycles. The van der Waals surface area contributed by atoms with Crippen molar-refractivity contribution in [2.45, 2.75) is 19.9 Å². The molecule has 0 bridgehead atoms. The zero-order valence-electron chi connectivity index (χ0n) is 8.40. The molecule has 5 heteroatoms. The summed E-state index contributed by atoms with van der Waals surface area (Å²) in [5.74, 6) is 0. The van der Waals surface area contributed by atoms with Crippen LogP contribution in [0.1, 0.15) is 25.6 Å². The Labute approximate surface area is 92.1 Å². The van der Waals surface area contributed by atoms with Gasteiger partial charge < -0.3 is 0 Å². The van der Waals surface area contributed by atoms with E-state index in [4.69, 9.17) is 16.9 Å². The third-order valence-electron chi connectivity index (χ3n) is 2.12. The maximum atomic E-state index is 8.91. The molecule has 0 N–H and O–H groups in total. The summed E-state index contributed by atoms with van der Waals surface area (Å²) in [6.45, 7) is 3.96. The van der Waals surface area contributed by atoms with Crippen LogP contribution in [-0.2, 0) is 0 Å². The number of pyridine rings is 1. The highest BCUT2D eigenvalue weighted by molar-refractivity contribution is 6.29. The highest BCUT2D eigenvalue weighted by Gasteiger charge is 2.13. The van der Waals surface area contributed by atoms with Gasteiger partial charge in [0.05, 0.1) is 5.39 Å². The number of hydrogen-bond acceptors (Lipinski definition) is 3. The molecule has 0 amide bonds. The van der Waals surface area contributed by atoms with Crippen LogP contribution in [0.15, 0.2) is 12.1 Å². The lowest BCUT2D eigenvalue weighted by atomic mass is 10.3. The molecule has 0 fully saturated rings. The molecule has 2 rings (SSSR count). The molecule has 0 radical (unpaired) electrons. The highest BCUT2D eigenvalue weighted by atomic mass is 35.5. The summed E-state index contributed by atoms with van der Waals surface area (Å²) in [6.07, 6.45) is 0. The van der Waals surface area contributed by atoms with Gasteiger partial charge >= 0.3 is 0 Å². The van der Waals surface area contributed by atoms with Crippen molar-refractivity contribution in [3.63, 3.8) is 0 Å². The standard InChI is InChI=1S/C10H9ClN4/c1-6(2)15-10-7(8(5-12)14-15)3-4-9(11)13-10/h3-4,6H,1-2H3. The zero-order chi connectivity index (χ0) is 11.0. The smallest absolute Gasteiger partial charge is 0.172 e. The lowest BCUT2D eigenvalue weighted by Crippen LogP contribution is -2.03. The lowest BCUT2D eigenvalue weighted by Gasteiger charge is -2.05. The summed E-state index contributed by atoms with van der Waals surface area (Å²) < 4.78 is 1.71. The minimum Gasteiger partial charge on any atom is -0.243 e. The molecular weight excluding hydrogens is 212 g/mol. The van der Waals surface area contributed by atoms with Crippen LogP contribution in [0.5, 0.6) is 0 Å². The maximum absolute atomic E-state index is 8.91. The number of halogens is 1. The summed E-state index contributed by atoms with van der Waals surface area (Å²) in [6, 6.07) is 5.64. The monoisotopic (exact) mass is 220 g/mol. The van der Waals surface area contributed by atoms with Gasteiger partial charge in [0, 0.05) is 6.04 Å². The molecule has 15 heavy (non-hydrogen) atoms. The van der Waals surface area contributed by atoms with Crippen molar-refractivity contribution in [1.29, 1.82) is 5.26 Å². The van der Waals surface area contributed by atoms with Gasteiger partial charge in [-0.1, -0.05) is 11.6 Å². The zero-order valence-corrected chi connectivity index (χ0v) is 9.15. The van der Waals surface area contributed by atoms with E-state index in [1.807, 2.05) is 19.9 Å². The van der Waals surface area contributed by atoms with Crippen molar-refractivity contribution in [1.82, 2.24) is 14.8 Å². The Kier molecular flexibility index (Phi) is 2.33. The number of nitriles is 1. The quantitative estimate of drug-likeness (QED) is 0.694. The lowest BCUT2D eigenvalue weighted by molar-refractivity contribution is 0.545. The second-order valence-electron chi connectivity index (χ2n) is 3.50. The first kappa shape index (κ1) is 9.94. The Morgan fingerprint density at radius 3 is 2.80 bits per heavy atom. The summed E-state index contributed by atoms with van der Waals surface area (Å²) in [4.78, 5) is 4.18. The van der Waals surface area contributed by atoms with Crippen LogP contribution in [0.3, 0.4) is 0 Å². The summed E-state index contributed by atoms with van der Waals surface area (Å²) in [5, 5.41) is 14.3. The third-order valence-corrected chi connectivity index (χ3v) is 2.33. The molecule has 4 nitrogen and oxygen atoms in total. The topological polar surface area (TPSA) is 54.5 Å². The van der Waals surface area contributed by atoms with Crippen molar-refractivity contribution in [3.05, 3.63) is 23.0 Å². The SMILES string of the molecule is CC(C)n1nc(C#N)c2ccc(Cl)nc21. The molecule has 0 spiro atoms. The Hall–Kier alpha value is -1.60. The first-order valence-corrected chi connectivity index (χ1v) is 4.96. The minimum atomic E-state index is 0.153. The van der Waals surface area contributed by atoms with E-state index in [0.29, 0.717) is 16.5 Å². The molecule has 0 unspecified atom stereocenters. The molecule has 0 atom stereocenters. The molecule has 2 aromatic heterocycles. The van der Waals surface area contributed by atoms with Crippen molar-refractivity contribution < 1.29 is 0 Å². The second-order valence-corrected chi connectivity index (χ2v) is 3.89. The molecule has 0 aliphatic heterocycles. The number of aromatic nitrogens is 3. The van der Waals surface area contributed by atoms with E-state index in [0.717, 1.165) is 5.39 Å². The Balaban J connectivity index is 2.83. The number of fused-ring (bicyclic) bond motifs is 1. The van der Waals surface area contributed by atoms with E-state index in [2.05, 4.69) is 10.1 Å². The van der Waals surface area contributed by atoms with E-state index < -0.39 is 0 Å². The fraction of sp³-hybridized carbons (Fsp3) is 0.300. The predicted octanol–water partition coefficient (Wildman–Crippen LogP) is 2.54. The van der Waals surface area contributed by atoms with Gasteiger partial charge in [0.15, 0.2) is 11.3 Å². The van der Waals surface area contributed by atoms with Crippen molar-refractivity contribution in [3.8, 4) is 6.07 Å². The Morgan fingerprint density at radius 2 is 2.20 bits per heavy atom. The van der Waals surface area contributed by atoms with Crippen LogP contribution < -0.4 is 0 Å². The van der Waals surface area contributed by atoms with Crippen molar-refractivity contribution in [2.24, 2.45) is 0 Å². The fourth-order valence-electron chi connectivity index (χ4n) is 1.44. The molecule has 0 aromatic carbocycles. The molecular formula is C10H9ClN4. The van der Waals surface area contributed by atoms with E-state index >= 15 is 0 Å². The van der Waals surface area contributed by atoms with E-state index in [1.54, 1.807) is 16.8 Å². The van der Waals surface area contributed by atoms with Crippen LogP contribution >= 0.6 is 11.6 Å². The first-order chi connectivity index (χ1) is 7.13. The van der Waals surface area contributed by atoms with Gasteiger partial charge in [-0.05, 0) is 26.0 Å². The number of rotatable bonds is 1. The maximum Gasteiger partial charge on any atom is 0.172 e. The average Bonchev–Trinajstić information content (AvgIpc) is 2.55. The van der Waals surface area contributed by atoms with E-state index in [-0.39, 0.29) is 6.04 Å². The molecule has 0 aliphatic rings. The van der Waals surface area contributed by atoms with Gasteiger partial charge in [-0.15, -0.1) is 0 Å². The molecule has 76 valence electrons. The highest BCUT2D eigenvalue weighted by Crippen LogP contribution is 2.21. The van der Waals surface area contributed by atoms with Gasteiger partial charge in [0.25, 0.3) is 0 Å². The van der Waals surface area contributed by atoms with Gasteiger partial charge in [0.1, 0.15) is 11.2 Å². The molecule has 0 aliphatic carbocycles. The second kappa shape index (κ2) is 3.52. The average molecular weight is 221 g/mol. The third kappa shape index (κ3) is 1.55. The van der Waals surface area contributed by atoms with Crippen LogP contribution in [0.25, 0.3) is 11.0 Å². The Bertz CT molecular complexity index is 550. The normalized spacial score (nSPS) is 10.9. The number of hydrogen-bond donors (Lipinski definition) is 0. The van der Waals surface area contributed by atoms with Crippen LogP contribution in [-0.4, -0.2) is 14.8 Å². The minimum absolute atomic E-state index is 0.153.